The van der Waals surface area contributed by atoms with Gasteiger partial charge in [0.25, 0.3) is 5.91 Å². The third kappa shape index (κ3) is 8.12. The van der Waals surface area contributed by atoms with Gasteiger partial charge >= 0.3 is 0 Å². The molecular weight excluding hydrogens is 460 g/mol. The molecule has 7 nitrogen and oxygen atoms in total. The van der Waals surface area contributed by atoms with Crippen LogP contribution in [0.15, 0.2) is 29.6 Å². The molecule has 0 bridgehead atoms. The molecule has 0 atom stereocenters. The molecule has 33 heavy (non-hydrogen) atoms. The summed E-state index contributed by atoms with van der Waals surface area (Å²) in [4.78, 5) is 43.8. The Labute approximate surface area is 203 Å². The molecule has 0 radical (unpaired) electrons. The molecule has 0 unspecified atom stereocenters. The summed E-state index contributed by atoms with van der Waals surface area (Å²) in [5.74, 6) is -0.398. The van der Waals surface area contributed by atoms with Crippen LogP contribution in [0.4, 0.5) is 5.13 Å². The zero-order valence-electron chi connectivity index (χ0n) is 19.1. The van der Waals surface area contributed by atoms with Crippen molar-refractivity contribution in [3.63, 3.8) is 0 Å². The molecule has 1 saturated carbocycles. The summed E-state index contributed by atoms with van der Waals surface area (Å²) in [6, 6.07) is 6.88. The quantitative estimate of drug-likeness (QED) is 0.540. The Morgan fingerprint density at radius 2 is 1.82 bits per heavy atom. The number of aromatic nitrogens is 1. The lowest BCUT2D eigenvalue weighted by Gasteiger charge is -2.24. The Kier molecular flexibility index (Phi) is 9.26. The lowest BCUT2D eigenvalue weighted by atomic mass is 9.95. The van der Waals surface area contributed by atoms with Gasteiger partial charge in [-0.3, -0.25) is 14.4 Å². The lowest BCUT2D eigenvalue weighted by molar-refractivity contribution is -0.121. The van der Waals surface area contributed by atoms with Crippen molar-refractivity contribution >= 4 is 45.8 Å². The van der Waals surface area contributed by atoms with Crippen LogP contribution in [-0.2, 0) is 16.0 Å². The summed E-state index contributed by atoms with van der Waals surface area (Å²) in [6.45, 7) is 4.34. The van der Waals surface area contributed by atoms with Crippen LogP contribution in [0.3, 0.4) is 0 Å². The van der Waals surface area contributed by atoms with Crippen molar-refractivity contribution in [2.24, 2.45) is 5.92 Å². The van der Waals surface area contributed by atoms with E-state index in [4.69, 9.17) is 11.6 Å². The van der Waals surface area contributed by atoms with Gasteiger partial charge in [-0.15, -0.1) is 11.3 Å². The second kappa shape index (κ2) is 12.1. The maximum atomic E-state index is 12.9. The Morgan fingerprint density at radius 3 is 2.48 bits per heavy atom. The van der Waals surface area contributed by atoms with Gasteiger partial charge in [-0.1, -0.05) is 44.7 Å². The molecular formula is C24H31ClN4O3S. The van der Waals surface area contributed by atoms with E-state index in [9.17, 15) is 14.4 Å². The standard InChI is InChI=1S/C24H31ClN4O3S/c1-16(2)13-29(23(32)17-8-10-18(25)11-9-17)14-22(31)28-24-27-20(15-33-24)12-21(30)26-19-6-4-3-5-7-19/h8-11,15-16,19H,3-7,12-14H2,1-2H3,(H,26,30)(H,27,28,31). The SMILES string of the molecule is CC(C)CN(CC(=O)Nc1nc(CC(=O)NC2CCCCC2)cs1)C(=O)c1ccc(Cl)cc1. The summed E-state index contributed by atoms with van der Waals surface area (Å²) in [5, 5.41) is 8.58. The number of benzene rings is 1. The first kappa shape index (κ1) is 25.2. The molecule has 9 heteroatoms. The third-order valence-electron chi connectivity index (χ3n) is 5.41. The number of halogens is 1. The van der Waals surface area contributed by atoms with E-state index in [1.165, 1.54) is 22.7 Å². The van der Waals surface area contributed by atoms with Crippen molar-refractivity contribution in [1.29, 1.82) is 0 Å². The maximum Gasteiger partial charge on any atom is 0.254 e. The molecule has 178 valence electrons. The molecule has 2 aromatic rings. The number of carbonyl (C=O) groups excluding carboxylic acids is 3. The molecule has 1 heterocycles. The molecule has 3 amide bonds. The van der Waals surface area contributed by atoms with Crippen LogP contribution >= 0.6 is 22.9 Å². The number of nitrogens with one attached hydrogen (secondary N) is 2. The predicted molar refractivity (Wildman–Crippen MR) is 132 cm³/mol. The minimum Gasteiger partial charge on any atom is -0.353 e. The highest BCUT2D eigenvalue weighted by Gasteiger charge is 2.21. The van der Waals surface area contributed by atoms with Gasteiger partial charge in [0, 0.05) is 28.6 Å². The van der Waals surface area contributed by atoms with Crippen LogP contribution < -0.4 is 10.6 Å². The minimum absolute atomic E-state index is 0.0400. The number of hydrogen-bond donors (Lipinski definition) is 2. The van der Waals surface area contributed by atoms with E-state index in [1.807, 2.05) is 13.8 Å². The molecule has 0 spiro atoms. The first-order valence-electron chi connectivity index (χ1n) is 11.4. The number of thiazole rings is 1. The van der Waals surface area contributed by atoms with Crippen molar-refractivity contribution in [1.82, 2.24) is 15.2 Å². The van der Waals surface area contributed by atoms with E-state index in [1.54, 1.807) is 29.6 Å². The summed E-state index contributed by atoms with van der Waals surface area (Å²) in [6.07, 6.45) is 5.81. The number of rotatable bonds is 9. The first-order chi connectivity index (χ1) is 15.8. The van der Waals surface area contributed by atoms with Crippen LogP contribution in [-0.4, -0.2) is 46.7 Å². The van der Waals surface area contributed by atoms with E-state index in [0.717, 1.165) is 25.7 Å². The van der Waals surface area contributed by atoms with Crippen LogP contribution in [0.2, 0.25) is 5.02 Å². The lowest BCUT2D eigenvalue weighted by Crippen LogP contribution is -2.40. The van der Waals surface area contributed by atoms with Gasteiger partial charge in [-0.05, 0) is 43.0 Å². The fourth-order valence-electron chi connectivity index (χ4n) is 3.90. The molecule has 3 rings (SSSR count). The van der Waals surface area contributed by atoms with Gasteiger partial charge < -0.3 is 15.5 Å². The molecule has 1 aliphatic rings. The zero-order chi connectivity index (χ0) is 23.8. The fraction of sp³-hybridized carbons (Fsp3) is 0.500. The van der Waals surface area contributed by atoms with Gasteiger partial charge in [0.15, 0.2) is 5.13 Å². The first-order valence-corrected chi connectivity index (χ1v) is 12.6. The van der Waals surface area contributed by atoms with E-state index in [0.29, 0.717) is 28.0 Å². The van der Waals surface area contributed by atoms with Crippen LogP contribution in [0.1, 0.15) is 62.0 Å². The summed E-state index contributed by atoms with van der Waals surface area (Å²) in [7, 11) is 0. The van der Waals surface area contributed by atoms with Crippen molar-refractivity contribution in [3.8, 4) is 0 Å². The largest absolute Gasteiger partial charge is 0.353 e. The van der Waals surface area contributed by atoms with E-state index >= 15 is 0 Å². The number of anilines is 1. The number of hydrogen-bond acceptors (Lipinski definition) is 5. The van der Waals surface area contributed by atoms with Crippen molar-refractivity contribution in [2.75, 3.05) is 18.4 Å². The van der Waals surface area contributed by atoms with E-state index < -0.39 is 0 Å². The van der Waals surface area contributed by atoms with Crippen LogP contribution in [0, 0.1) is 5.92 Å². The summed E-state index contributed by atoms with van der Waals surface area (Å²) in [5.41, 5.74) is 1.10. The summed E-state index contributed by atoms with van der Waals surface area (Å²) >= 11 is 7.19. The van der Waals surface area contributed by atoms with E-state index in [2.05, 4.69) is 15.6 Å². The molecule has 1 aliphatic carbocycles. The maximum absolute atomic E-state index is 12.9. The Hall–Kier alpha value is -2.45. The molecule has 0 saturated heterocycles. The van der Waals surface area contributed by atoms with Crippen LogP contribution in [0.5, 0.6) is 0 Å². The second-order valence-electron chi connectivity index (χ2n) is 8.86. The van der Waals surface area contributed by atoms with E-state index in [-0.39, 0.29) is 42.6 Å². The minimum atomic E-state index is -0.328. The Morgan fingerprint density at radius 1 is 1.12 bits per heavy atom. The van der Waals surface area contributed by atoms with Crippen LogP contribution in [0.25, 0.3) is 0 Å². The van der Waals surface area contributed by atoms with Gasteiger partial charge in [-0.2, -0.15) is 0 Å². The number of carbonyl (C=O) groups is 3. The molecule has 1 aromatic heterocycles. The fourth-order valence-corrected chi connectivity index (χ4v) is 4.76. The normalized spacial score (nSPS) is 14.2. The zero-order valence-corrected chi connectivity index (χ0v) is 20.7. The molecule has 1 aromatic carbocycles. The van der Waals surface area contributed by atoms with Gasteiger partial charge in [0.05, 0.1) is 12.1 Å². The molecule has 1 fully saturated rings. The Bertz CT molecular complexity index is 955. The average Bonchev–Trinajstić information content (AvgIpc) is 3.20. The van der Waals surface area contributed by atoms with Gasteiger partial charge in [-0.25, -0.2) is 4.98 Å². The second-order valence-corrected chi connectivity index (χ2v) is 10.2. The van der Waals surface area contributed by atoms with Gasteiger partial charge in [0.1, 0.15) is 6.54 Å². The highest BCUT2D eigenvalue weighted by molar-refractivity contribution is 7.13. The van der Waals surface area contributed by atoms with Gasteiger partial charge in [0.2, 0.25) is 11.8 Å². The molecule has 0 aliphatic heterocycles. The number of amides is 3. The average molecular weight is 491 g/mol. The third-order valence-corrected chi connectivity index (χ3v) is 6.47. The smallest absolute Gasteiger partial charge is 0.254 e. The van der Waals surface area contributed by atoms with Crippen molar-refractivity contribution in [2.45, 2.75) is 58.4 Å². The predicted octanol–water partition coefficient (Wildman–Crippen LogP) is 4.52. The monoisotopic (exact) mass is 490 g/mol. The Balaban J connectivity index is 1.54. The highest BCUT2D eigenvalue weighted by Crippen LogP contribution is 2.19. The molecule has 2 N–H and O–H groups in total. The van der Waals surface area contributed by atoms with Crippen molar-refractivity contribution in [3.05, 3.63) is 45.9 Å². The number of nitrogens with zero attached hydrogens (tertiary/aromatic N) is 2. The highest BCUT2D eigenvalue weighted by atomic mass is 35.5. The topological polar surface area (TPSA) is 91.4 Å². The summed E-state index contributed by atoms with van der Waals surface area (Å²) < 4.78 is 0. The van der Waals surface area contributed by atoms with Crippen molar-refractivity contribution < 1.29 is 14.4 Å².